The summed E-state index contributed by atoms with van der Waals surface area (Å²) in [6.07, 6.45) is 10.0. The maximum absolute atomic E-state index is 13.3. The van der Waals surface area contributed by atoms with Crippen molar-refractivity contribution in [2.75, 3.05) is 18.5 Å². The van der Waals surface area contributed by atoms with Crippen LogP contribution in [-0.2, 0) is 9.53 Å². The van der Waals surface area contributed by atoms with E-state index in [2.05, 4.69) is 17.2 Å². The van der Waals surface area contributed by atoms with Crippen molar-refractivity contribution in [1.82, 2.24) is 4.98 Å². The van der Waals surface area contributed by atoms with Crippen molar-refractivity contribution >= 4 is 11.7 Å². The van der Waals surface area contributed by atoms with E-state index in [4.69, 9.17) is 4.74 Å². The first kappa shape index (κ1) is 23.3. The molecule has 1 heterocycles. The molecule has 4 fully saturated rings. The predicted molar refractivity (Wildman–Crippen MR) is 130 cm³/mol. The fourth-order valence-corrected chi connectivity index (χ4v) is 8.64. The number of hydrogen-bond donors (Lipinski definition) is 2. The summed E-state index contributed by atoms with van der Waals surface area (Å²) in [4.78, 5) is 17.8. The van der Waals surface area contributed by atoms with Gasteiger partial charge in [-0.05, 0) is 119 Å². The standard InChI is InChI=1S/C28H42N2O3/c1-4-33-17-28(32)15-13-20-19(16-28)8-9-22-21(20)12-14-27(3)23(22)10-11-24(27)26(31)30-25-7-5-6-18(2)29-25/h5-7,19-24,32H,4,8-17H2,1-3H3,(H,29,30,31)/t19-,20+,21-,22-,23+,24-,27+,28-/m1/s1. The van der Waals surface area contributed by atoms with Gasteiger partial charge >= 0.3 is 0 Å². The number of hydrogen-bond acceptors (Lipinski definition) is 4. The molecule has 0 aromatic carbocycles. The lowest BCUT2D eigenvalue weighted by Gasteiger charge is -2.57. The van der Waals surface area contributed by atoms with Crippen molar-refractivity contribution in [3.05, 3.63) is 23.9 Å². The molecule has 5 heteroatoms. The molecule has 4 saturated carbocycles. The second kappa shape index (κ2) is 8.96. The lowest BCUT2D eigenvalue weighted by molar-refractivity contribution is -0.135. The minimum atomic E-state index is -0.617. The first-order valence-corrected chi connectivity index (χ1v) is 13.4. The first-order chi connectivity index (χ1) is 15.8. The number of amides is 1. The molecule has 0 saturated heterocycles. The van der Waals surface area contributed by atoms with Gasteiger partial charge in [-0.3, -0.25) is 4.79 Å². The highest BCUT2D eigenvalue weighted by Crippen LogP contribution is 2.64. The molecule has 33 heavy (non-hydrogen) atoms. The highest BCUT2D eigenvalue weighted by Gasteiger charge is 2.59. The second-order valence-electron chi connectivity index (χ2n) is 11.9. The Morgan fingerprint density at radius 1 is 1.12 bits per heavy atom. The summed E-state index contributed by atoms with van der Waals surface area (Å²) in [5.74, 6) is 4.51. The number of fused-ring (bicyclic) bond motifs is 5. The zero-order valence-electron chi connectivity index (χ0n) is 20.7. The summed E-state index contributed by atoms with van der Waals surface area (Å²) < 4.78 is 5.62. The Kier molecular flexibility index (Phi) is 6.32. The number of carbonyl (C=O) groups is 1. The van der Waals surface area contributed by atoms with E-state index in [0.717, 1.165) is 55.6 Å². The number of aromatic nitrogens is 1. The number of nitrogens with zero attached hydrogens (tertiary/aromatic N) is 1. The average Bonchev–Trinajstić information content (AvgIpc) is 3.15. The van der Waals surface area contributed by atoms with Crippen molar-refractivity contribution in [2.45, 2.75) is 84.2 Å². The number of carbonyl (C=O) groups excluding carboxylic acids is 1. The molecule has 8 atom stereocenters. The van der Waals surface area contributed by atoms with Crippen molar-refractivity contribution < 1.29 is 14.6 Å². The van der Waals surface area contributed by atoms with Gasteiger partial charge in [0.15, 0.2) is 0 Å². The van der Waals surface area contributed by atoms with E-state index in [1.54, 1.807) is 0 Å². The van der Waals surface area contributed by atoms with E-state index in [-0.39, 0.29) is 17.2 Å². The fraction of sp³-hybridized carbons (Fsp3) is 0.786. The van der Waals surface area contributed by atoms with E-state index < -0.39 is 5.60 Å². The molecule has 4 aliphatic carbocycles. The number of ether oxygens (including phenoxy) is 1. The molecule has 1 aromatic rings. The summed E-state index contributed by atoms with van der Waals surface area (Å²) in [5, 5.41) is 14.2. The largest absolute Gasteiger partial charge is 0.387 e. The van der Waals surface area contributed by atoms with Crippen LogP contribution in [0.5, 0.6) is 0 Å². The van der Waals surface area contributed by atoms with E-state index in [0.29, 0.717) is 30.9 Å². The molecule has 182 valence electrons. The summed E-state index contributed by atoms with van der Waals surface area (Å²) >= 11 is 0. The van der Waals surface area contributed by atoms with Crippen LogP contribution in [0.1, 0.15) is 77.3 Å². The highest BCUT2D eigenvalue weighted by molar-refractivity contribution is 5.92. The third-order valence-corrected chi connectivity index (χ3v) is 10.1. The number of pyridine rings is 1. The quantitative estimate of drug-likeness (QED) is 0.628. The number of aliphatic hydroxyl groups is 1. The summed E-state index contributed by atoms with van der Waals surface area (Å²) in [6, 6.07) is 5.82. The lowest BCUT2D eigenvalue weighted by Crippen LogP contribution is -2.52. The molecule has 0 bridgehead atoms. The molecule has 5 rings (SSSR count). The van der Waals surface area contributed by atoms with Gasteiger partial charge in [-0.1, -0.05) is 13.0 Å². The van der Waals surface area contributed by atoms with Gasteiger partial charge in [0.2, 0.25) is 5.91 Å². The van der Waals surface area contributed by atoms with Gasteiger partial charge in [-0.2, -0.15) is 0 Å². The molecule has 0 aliphatic heterocycles. The molecule has 2 N–H and O–H groups in total. The van der Waals surface area contributed by atoms with Gasteiger partial charge < -0.3 is 15.2 Å². The predicted octanol–water partition coefficient (Wildman–Crippen LogP) is 5.36. The Bertz CT molecular complexity index is 874. The molecule has 0 radical (unpaired) electrons. The van der Waals surface area contributed by atoms with Crippen LogP contribution in [0.25, 0.3) is 0 Å². The summed E-state index contributed by atoms with van der Waals surface area (Å²) in [7, 11) is 0. The van der Waals surface area contributed by atoms with Gasteiger partial charge in [-0.25, -0.2) is 4.98 Å². The molecule has 4 aliphatic rings. The molecular weight excluding hydrogens is 412 g/mol. The fourth-order valence-electron chi connectivity index (χ4n) is 8.64. The monoisotopic (exact) mass is 454 g/mol. The highest BCUT2D eigenvalue weighted by atomic mass is 16.5. The summed E-state index contributed by atoms with van der Waals surface area (Å²) in [5.41, 5.74) is 0.418. The van der Waals surface area contributed by atoms with Gasteiger partial charge in [-0.15, -0.1) is 0 Å². The van der Waals surface area contributed by atoms with Gasteiger partial charge in [0.05, 0.1) is 12.2 Å². The van der Waals surface area contributed by atoms with Crippen LogP contribution in [0.2, 0.25) is 0 Å². The van der Waals surface area contributed by atoms with Crippen molar-refractivity contribution in [1.29, 1.82) is 0 Å². The van der Waals surface area contributed by atoms with Crippen LogP contribution in [0, 0.1) is 47.8 Å². The zero-order chi connectivity index (χ0) is 23.2. The Labute approximate surface area is 199 Å². The zero-order valence-corrected chi connectivity index (χ0v) is 20.7. The van der Waals surface area contributed by atoms with Crippen molar-refractivity contribution in [3.8, 4) is 0 Å². The van der Waals surface area contributed by atoms with Crippen LogP contribution in [-0.4, -0.2) is 34.8 Å². The average molecular weight is 455 g/mol. The number of anilines is 1. The van der Waals surface area contributed by atoms with Crippen LogP contribution in [0.15, 0.2) is 18.2 Å². The molecular formula is C28H42N2O3. The van der Waals surface area contributed by atoms with Crippen LogP contribution < -0.4 is 5.32 Å². The van der Waals surface area contributed by atoms with E-state index >= 15 is 0 Å². The first-order valence-electron chi connectivity index (χ1n) is 13.4. The second-order valence-corrected chi connectivity index (χ2v) is 11.9. The molecule has 1 aromatic heterocycles. The number of nitrogens with one attached hydrogen (secondary N) is 1. The maximum atomic E-state index is 13.3. The van der Waals surface area contributed by atoms with E-state index in [1.165, 1.54) is 25.7 Å². The van der Waals surface area contributed by atoms with Gasteiger partial charge in [0.25, 0.3) is 0 Å². The normalized spacial score (nSPS) is 42.2. The lowest BCUT2D eigenvalue weighted by atomic mass is 9.49. The minimum absolute atomic E-state index is 0.0890. The third-order valence-electron chi connectivity index (χ3n) is 10.1. The molecule has 1 amide bonds. The molecule has 0 spiro atoms. The van der Waals surface area contributed by atoms with Crippen LogP contribution in [0.4, 0.5) is 5.82 Å². The smallest absolute Gasteiger partial charge is 0.229 e. The Hall–Kier alpha value is -1.46. The van der Waals surface area contributed by atoms with E-state index in [9.17, 15) is 9.90 Å². The Morgan fingerprint density at radius 3 is 2.73 bits per heavy atom. The van der Waals surface area contributed by atoms with Crippen molar-refractivity contribution in [3.63, 3.8) is 0 Å². The Morgan fingerprint density at radius 2 is 1.94 bits per heavy atom. The van der Waals surface area contributed by atoms with Crippen LogP contribution in [0.3, 0.4) is 0 Å². The maximum Gasteiger partial charge on any atom is 0.229 e. The SMILES string of the molecule is CCOC[C@@]1(O)CC[C@H]2[C@H](CC[C@@H]3[C@@H]2CC[C@]2(C)[C@@H](C(=O)Nc4cccc(C)n4)CC[C@@H]32)C1. The minimum Gasteiger partial charge on any atom is -0.387 e. The van der Waals surface area contributed by atoms with Crippen molar-refractivity contribution in [2.24, 2.45) is 40.9 Å². The van der Waals surface area contributed by atoms with Gasteiger partial charge in [0.1, 0.15) is 5.82 Å². The third kappa shape index (κ3) is 4.25. The van der Waals surface area contributed by atoms with Crippen LogP contribution >= 0.6 is 0 Å². The topological polar surface area (TPSA) is 71.5 Å². The Balaban J connectivity index is 1.27. The molecule has 5 nitrogen and oxygen atoms in total. The number of aryl methyl sites for hydroxylation is 1. The summed E-state index contributed by atoms with van der Waals surface area (Å²) in [6.45, 7) is 7.54. The van der Waals surface area contributed by atoms with Gasteiger partial charge in [0, 0.05) is 18.2 Å². The van der Waals surface area contributed by atoms with E-state index in [1.807, 2.05) is 32.0 Å². The molecule has 0 unspecified atom stereocenters. The number of rotatable bonds is 5.